The van der Waals surface area contributed by atoms with Crippen LogP contribution in [-0.4, -0.2) is 53.5 Å². The Kier molecular flexibility index (Phi) is 11.3. The molecule has 3 unspecified atom stereocenters. The fourth-order valence-corrected chi connectivity index (χ4v) is 3.93. The molecule has 0 saturated heterocycles. The quantitative estimate of drug-likeness (QED) is 0.369. The van der Waals surface area contributed by atoms with Crippen molar-refractivity contribution in [1.29, 1.82) is 0 Å². The Morgan fingerprint density at radius 3 is 2.13 bits per heavy atom. The number of anilines is 1. The van der Waals surface area contributed by atoms with Gasteiger partial charge in [0.15, 0.2) is 0 Å². The van der Waals surface area contributed by atoms with Gasteiger partial charge in [-0.2, -0.15) is 0 Å². The molecule has 2 aromatic carbocycles. The first-order valence-corrected chi connectivity index (χ1v) is 13.0. The number of amides is 4. The average molecular weight is 541 g/mol. The van der Waals surface area contributed by atoms with Crippen LogP contribution in [0.1, 0.15) is 65.5 Å². The summed E-state index contributed by atoms with van der Waals surface area (Å²) >= 11 is 0. The number of methoxy groups -OCH3 is 1. The minimum atomic E-state index is -1.15. The van der Waals surface area contributed by atoms with E-state index < -0.39 is 47.5 Å². The van der Waals surface area contributed by atoms with Gasteiger partial charge in [0, 0.05) is 18.2 Å². The van der Waals surface area contributed by atoms with Gasteiger partial charge < -0.3 is 30.7 Å². The number of hydrogen-bond acceptors (Lipinski definition) is 6. The monoisotopic (exact) mass is 540 g/mol. The molecule has 0 aliphatic rings. The third-order valence-electron chi connectivity index (χ3n) is 5.99. The Morgan fingerprint density at radius 2 is 1.62 bits per heavy atom. The van der Waals surface area contributed by atoms with Gasteiger partial charge in [0.2, 0.25) is 11.8 Å². The summed E-state index contributed by atoms with van der Waals surface area (Å²) in [4.78, 5) is 53.6. The molecule has 0 fully saturated rings. The zero-order chi connectivity index (χ0) is 29.2. The van der Waals surface area contributed by atoms with Crippen LogP contribution in [0.5, 0.6) is 5.75 Å². The number of hydrogen-bond donors (Lipinski definition) is 3. The second-order valence-corrected chi connectivity index (χ2v) is 10.2. The van der Waals surface area contributed by atoms with E-state index in [1.54, 1.807) is 76.4 Å². The minimum absolute atomic E-state index is 0.0536. The van der Waals surface area contributed by atoms with E-state index in [0.29, 0.717) is 23.4 Å². The van der Waals surface area contributed by atoms with Crippen LogP contribution >= 0.6 is 0 Å². The summed E-state index contributed by atoms with van der Waals surface area (Å²) in [5, 5.41) is 5.48. The van der Waals surface area contributed by atoms with Gasteiger partial charge in [-0.25, -0.2) is 4.79 Å². The van der Waals surface area contributed by atoms with Crippen LogP contribution in [0.4, 0.5) is 10.5 Å². The molecule has 39 heavy (non-hydrogen) atoms. The van der Waals surface area contributed by atoms with E-state index in [1.165, 1.54) is 4.90 Å². The van der Waals surface area contributed by atoms with Gasteiger partial charge >= 0.3 is 6.09 Å². The zero-order valence-corrected chi connectivity index (χ0v) is 23.5. The number of benzene rings is 2. The highest BCUT2D eigenvalue weighted by atomic mass is 16.6. The van der Waals surface area contributed by atoms with E-state index in [0.717, 1.165) is 0 Å². The van der Waals surface area contributed by atoms with Gasteiger partial charge in [-0.3, -0.25) is 14.4 Å². The maximum atomic E-state index is 14.1. The van der Waals surface area contributed by atoms with Crippen LogP contribution in [-0.2, 0) is 19.1 Å². The highest BCUT2D eigenvalue weighted by Crippen LogP contribution is 2.28. The smallest absolute Gasteiger partial charge is 0.408 e. The Hall–Kier alpha value is -4.08. The van der Waals surface area contributed by atoms with E-state index >= 15 is 0 Å². The summed E-state index contributed by atoms with van der Waals surface area (Å²) in [5.74, 6) is -0.957. The van der Waals surface area contributed by atoms with Gasteiger partial charge in [0.05, 0.1) is 7.11 Å². The van der Waals surface area contributed by atoms with Crippen molar-refractivity contribution < 1.29 is 28.7 Å². The molecular weight excluding hydrogens is 500 g/mol. The maximum absolute atomic E-state index is 14.1. The molecular formula is C29H40N4O6. The summed E-state index contributed by atoms with van der Waals surface area (Å²) in [7, 11) is 1.55. The van der Waals surface area contributed by atoms with Crippen molar-refractivity contribution in [2.24, 2.45) is 5.73 Å². The Labute approximate surface area is 230 Å². The molecule has 2 aromatic rings. The van der Waals surface area contributed by atoms with Gasteiger partial charge in [-0.1, -0.05) is 37.3 Å². The molecule has 0 aliphatic heterocycles. The topological polar surface area (TPSA) is 140 Å². The van der Waals surface area contributed by atoms with Crippen molar-refractivity contribution in [2.45, 2.75) is 77.6 Å². The Morgan fingerprint density at radius 1 is 1.00 bits per heavy atom. The minimum Gasteiger partial charge on any atom is -0.497 e. The summed E-state index contributed by atoms with van der Waals surface area (Å²) < 4.78 is 10.5. The Bertz CT molecular complexity index is 1110. The van der Waals surface area contributed by atoms with Crippen molar-refractivity contribution in [3.63, 3.8) is 0 Å². The molecule has 212 valence electrons. The van der Waals surface area contributed by atoms with Gasteiger partial charge in [-0.05, 0) is 70.4 Å². The number of rotatable bonds is 12. The fraction of sp³-hybridized carbons (Fsp3) is 0.448. The number of primary amides is 1. The van der Waals surface area contributed by atoms with E-state index in [9.17, 15) is 19.2 Å². The average Bonchev–Trinajstić information content (AvgIpc) is 2.88. The second kappa shape index (κ2) is 14.2. The molecule has 0 aliphatic carbocycles. The molecule has 10 nitrogen and oxygen atoms in total. The van der Waals surface area contributed by atoms with Crippen LogP contribution in [0.3, 0.4) is 0 Å². The van der Waals surface area contributed by atoms with Gasteiger partial charge in [0.1, 0.15) is 23.4 Å². The molecule has 0 radical (unpaired) electrons. The van der Waals surface area contributed by atoms with E-state index in [2.05, 4.69) is 10.6 Å². The third kappa shape index (κ3) is 9.63. The predicted octanol–water partition coefficient (Wildman–Crippen LogP) is 4.16. The van der Waals surface area contributed by atoms with E-state index in [4.69, 9.17) is 15.2 Å². The highest BCUT2D eigenvalue weighted by Gasteiger charge is 2.38. The van der Waals surface area contributed by atoms with Crippen molar-refractivity contribution in [3.8, 4) is 5.75 Å². The molecule has 0 spiro atoms. The lowest BCUT2D eigenvalue weighted by molar-refractivity contribution is -0.143. The fourth-order valence-electron chi connectivity index (χ4n) is 3.93. The normalized spacial score (nSPS) is 13.4. The molecule has 10 heteroatoms. The lowest BCUT2D eigenvalue weighted by Crippen LogP contribution is -2.55. The molecule has 0 aromatic heterocycles. The molecule has 4 N–H and O–H groups in total. The number of nitrogens with two attached hydrogens (primary N) is 1. The lowest BCUT2D eigenvalue weighted by atomic mass is 9.99. The summed E-state index contributed by atoms with van der Waals surface area (Å²) in [6.45, 7) is 8.83. The van der Waals surface area contributed by atoms with Crippen LogP contribution in [0.2, 0.25) is 0 Å². The largest absolute Gasteiger partial charge is 0.497 e. The van der Waals surface area contributed by atoms with Crippen LogP contribution in [0.15, 0.2) is 54.6 Å². The first-order valence-electron chi connectivity index (χ1n) is 13.0. The van der Waals surface area contributed by atoms with Gasteiger partial charge in [-0.15, -0.1) is 0 Å². The first kappa shape index (κ1) is 31.1. The summed E-state index contributed by atoms with van der Waals surface area (Å²) in [5.41, 5.74) is 5.67. The van der Waals surface area contributed by atoms with Gasteiger partial charge in [0.25, 0.3) is 5.91 Å². The van der Waals surface area contributed by atoms with Crippen molar-refractivity contribution in [2.75, 3.05) is 12.4 Å². The number of nitrogens with zero attached hydrogens (tertiary/aromatic N) is 1. The van der Waals surface area contributed by atoms with Crippen molar-refractivity contribution in [1.82, 2.24) is 10.2 Å². The first-order chi connectivity index (χ1) is 18.4. The number of carbonyl (C=O) groups excluding carboxylic acids is 4. The Balaban J connectivity index is 2.50. The number of alkyl carbamates (subject to hydrolysis) is 1. The van der Waals surface area contributed by atoms with E-state index in [1.807, 2.05) is 19.9 Å². The standard InChI is InChI=1S/C29H40N4O6/c1-7-19(2)33(27(36)23(17-18-24(30)34)32-28(37)39-29(3,4)5)25(20-11-9-8-10-12-20)26(35)31-21-13-15-22(38-6)16-14-21/h8-16,19,23,25H,7,17-18H2,1-6H3,(H2,30,34)(H,31,35)(H,32,37). The zero-order valence-electron chi connectivity index (χ0n) is 23.5. The maximum Gasteiger partial charge on any atom is 0.408 e. The van der Waals surface area contributed by atoms with E-state index in [-0.39, 0.29) is 12.8 Å². The highest BCUT2D eigenvalue weighted by molar-refractivity contribution is 5.99. The molecule has 3 atom stereocenters. The second-order valence-electron chi connectivity index (χ2n) is 10.2. The molecule has 2 rings (SSSR count). The van der Waals surface area contributed by atoms with Crippen molar-refractivity contribution in [3.05, 3.63) is 60.2 Å². The van der Waals surface area contributed by atoms with Crippen LogP contribution in [0, 0.1) is 0 Å². The number of carbonyl (C=O) groups is 4. The van der Waals surface area contributed by atoms with Crippen LogP contribution in [0.25, 0.3) is 0 Å². The number of nitrogens with one attached hydrogen (secondary N) is 2. The molecule has 0 bridgehead atoms. The van der Waals surface area contributed by atoms with Crippen molar-refractivity contribution >= 4 is 29.5 Å². The third-order valence-corrected chi connectivity index (χ3v) is 5.99. The predicted molar refractivity (Wildman–Crippen MR) is 149 cm³/mol. The summed E-state index contributed by atoms with van der Waals surface area (Å²) in [6, 6.07) is 13.2. The lowest BCUT2D eigenvalue weighted by Gasteiger charge is -2.38. The number of ether oxygens (including phenoxy) is 2. The summed E-state index contributed by atoms with van der Waals surface area (Å²) in [6.07, 6.45) is -0.482. The molecule has 0 saturated carbocycles. The molecule has 4 amide bonds. The van der Waals surface area contributed by atoms with Crippen LogP contribution < -0.4 is 21.1 Å². The SMILES string of the molecule is CCC(C)N(C(=O)C(CCC(N)=O)NC(=O)OC(C)(C)C)C(C(=O)Nc1ccc(OC)cc1)c1ccccc1. The molecule has 0 heterocycles.